The van der Waals surface area contributed by atoms with Crippen molar-refractivity contribution in [3.8, 4) is 0 Å². The highest BCUT2D eigenvalue weighted by Gasteiger charge is 2.31. The molecule has 0 radical (unpaired) electrons. The lowest BCUT2D eigenvalue weighted by Gasteiger charge is -2.35. The first-order valence-corrected chi connectivity index (χ1v) is 11.4. The Morgan fingerprint density at radius 2 is 2.11 bits per heavy atom. The number of hydrogen-bond acceptors (Lipinski definition) is 5. The van der Waals surface area contributed by atoms with Gasteiger partial charge in [-0.2, -0.15) is 0 Å². The lowest BCUT2D eigenvalue weighted by molar-refractivity contribution is 0.0623. The standard InChI is InChI=1S/C19H26N4O3S/c1-13-21-17-10-14(19(24)22-8-3-2-4-15(22)11-20)5-6-18(17)23(13)16-7-9-27(25,26)12-16/h5-6,10,15-16H,2-4,7-9,11-12,20H2,1H3. The van der Waals surface area contributed by atoms with E-state index in [0.29, 0.717) is 18.5 Å². The number of imidazole rings is 1. The van der Waals surface area contributed by atoms with Crippen LogP contribution in [0.5, 0.6) is 0 Å². The Kier molecular flexibility index (Phi) is 4.71. The lowest BCUT2D eigenvalue weighted by Crippen LogP contribution is -2.47. The number of nitrogens with zero attached hydrogens (tertiary/aromatic N) is 3. The van der Waals surface area contributed by atoms with Crippen LogP contribution in [0.25, 0.3) is 11.0 Å². The fourth-order valence-corrected chi connectivity index (χ4v) is 6.17. The van der Waals surface area contributed by atoms with E-state index in [1.165, 1.54) is 0 Å². The minimum Gasteiger partial charge on any atom is -0.334 e. The maximum atomic E-state index is 13.0. The first-order chi connectivity index (χ1) is 12.9. The molecule has 1 amide bonds. The van der Waals surface area contributed by atoms with E-state index in [1.54, 1.807) is 0 Å². The number of benzene rings is 1. The Balaban J connectivity index is 1.66. The molecule has 2 atom stereocenters. The molecule has 8 heteroatoms. The predicted molar refractivity (Wildman–Crippen MR) is 105 cm³/mol. The summed E-state index contributed by atoms with van der Waals surface area (Å²) >= 11 is 0. The van der Waals surface area contributed by atoms with Gasteiger partial charge in [0.25, 0.3) is 5.91 Å². The Hall–Kier alpha value is -1.93. The van der Waals surface area contributed by atoms with Crippen molar-refractivity contribution in [2.75, 3.05) is 24.6 Å². The number of hydrogen-bond donors (Lipinski definition) is 1. The number of carbonyl (C=O) groups excluding carboxylic acids is 1. The summed E-state index contributed by atoms with van der Waals surface area (Å²) in [7, 11) is -2.97. The number of fused-ring (bicyclic) bond motifs is 1. The molecule has 7 nitrogen and oxygen atoms in total. The first kappa shape index (κ1) is 18.4. The molecule has 3 heterocycles. The first-order valence-electron chi connectivity index (χ1n) is 9.59. The maximum Gasteiger partial charge on any atom is 0.254 e. The van der Waals surface area contributed by atoms with Gasteiger partial charge >= 0.3 is 0 Å². The zero-order chi connectivity index (χ0) is 19.2. The molecule has 146 valence electrons. The molecule has 4 rings (SSSR count). The Morgan fingerprint density at radius 1 is 1.30 bits per heavy atom. The van der Waals surface area contributed by atoms with E-state index < -0.39 is 9.84 Å². The minimum absolute atomic E-state index is 0.00250. The monoisotopic (exact) mass is 390 g/mol. The highest BCUT2D eigenvalue weighted by atomic mass is 32.2. The maximum absolute atomic E-state index is 13.0. The smallest absolute Gasteiger partial charge is 0.254 e. The second-order valence-electron chi connectivity index (χ2n) is 7.67. The fourth-order valence-electron chi connectivity index (χ4n) is 4.47. The van der Waals surface area contributed by atoms with Crippen LogP contribution in [0.1, 0.15) is 47.9 Å². The van der Waals surface area contributed by atoms with E-state index in [-0.39, 0.29) is 29.5 Å². The van der Waals surface area contributed by atoms with Crippen LogP contribution in [0.15, 0.2) is 18.2 Å². The van der Waals surface area contributed by atoms with Crippen LogP contribution < -0.4 is 5.73 Å². The number of piperidine rings is 1. The topological polar surface area (TPSA) is 98.3 Å². The normalized spacial score (nSPS) is 25.2. The van der Waals surface area contributed by atoms with Crippen LogP contribution in [-0.2, 0) is 9.84 Å². The molecule has 0 spiro atoms. The number of likely N-dealkylation sites (tertiary alicyclic amines) is 1. The Bertz CT molecular complexity index is 982. The summed E-state index contributed by atoms with van der Waals surface area (Å²) in [5, 5.41) is 0. The molecule has 1 aromatic heterocycles. The van der Waals surface area contributed by atoms with Crippen LogP contribution in [-0.4, -0.2) is 59.4 Å². The van der Waals surface area contributed by atoms with Crippen LogP contribution >= 0.6 is 0 Å². The van der Waals surface area contributed by atoms with E-state index in [1.807, 2.05) is 34.6 Å². The second kappa shape index (κ2) is 6.91. The highest BCUT2D eigenvalue weighted by Crippen LogP contribution is 2.30. The van der Waals surface area contributed by atoms with Crippen LogP contribution in [0.3, 0.4) is 0 Å². The number of aromatic nitrogens is 2. The van der Waals surface area contributed by atoms with Crippen molar-refractivity contribution in [1.82, 2.24) is 14.5 Å². The second-order valence-corrected chi connectivity index (χ2v) is 9.90. The number of aryl methyl sites for hydroxylation is 1. The molecule has 0 aliphatic carbocycles. The van der Waals surface area contributed by atoms with E-state index in [0.717, 1.165) is 42.7 Å². The summed E-state index contributed by atoms with van der Waals surface area (Å²) in [5.41, 5.74) is 8.10. The Morgan fingerprint density at radius 3 is 2.81 bits per heavy atom. The van der Waals surface area contributed by atoms with Crippen molar-refractivity contribution >= 4 is 26.8 Å². The van der Waals surface area contributed by atoms with Gasteiger partial charge in [-0.15, -0.1) is 0 Å². The van der Waals surface area contributed by atoms with Crippen LogP contribution in [0, 0.1) is 6.92 Å². The largest absolute Gasteiger partial charge is 0.334 e. The number of carbonyl (C=O) groups is 1. The molecule has 2 aliphatic heterocycles. The third-order valence-corrected chi connectivity index (χ3v) is 7.60. The quantitative estimate of drug-likeness (QED) is 0.859. The zero-order valence-corrected chi connectivity index (χ0v) is 16.4. The molecule has 2 N–H and O–H groups in total. The van der Waals surface area contributed by atoms with Crippen molar-refractivity contribution in [3.05, 3.63) is 29.6 Å². The molecule has 2 fully saturated rings. The van der Waals surface area contributed by atoms with Crippen LogP contribution in [0.4, 0.5) is 0 Å². The summed E-state index contributed by atoms with van der Waals surface area (Å²) in [6.45, 7) is 3.12. The molecule has 2 saturated heterocycles. The van der Waals surface area contributed by atoms with Crippen molar-refractivity contribution in [2.45, 2.75) is 44.7 Å². The number of rotatable bonds is 3. The summed E-state index contributed by atoms with van der Waals surface area (Å²) in [6, 6.07) is 5.57. The third kappa shape index (κ3) is 3.36. The third-order valence-electron chi connectivity index (χ3n) is 5.85. The van der Waals surface area contributed by atoms with Crippen molar-refractivity contribution in [1.29, 1.82) is 0 Å². The molecule has 0 bridgehead atoms. The number of amides is 1. The Labute approximate surface area is 159 Å². The molecule has 27 heavy (non-hydrogen) atoms. The minimum atomic E-state index is -2.97. The van der Waals surface area contributed by atoms with E-state index >= 15 is 0 Å². The van der Waals surface area contributed by atoms with Gasteiger partial charge < -0.3 is 15.2 Å². The highest BCUT2D eigenvalue weighted by molar-refractivity contribution is 7.91. The number of sulfone groups is 1. The van der Waals surface area contributed by atoms with Gasteiger partial charge in [-0.05, 0) is 50.8 Å². The molecular formula is C19H26N4O3S. The fraction of sp³-hybridized carbons (Fsp3) is 0.579. The summed E-state index contributed by atoms with van der Waals surface area (Å²) in [6.07, 6.45) is 3.68. The van der Waals surface area contributed by atoms with Crippen molar-refractivity contribution in [2.24, 2.45) is 5.73 Å². The van der Waals surface area contributed by atoms with Gasteiger partial charge in [0.05, 0.1) is 28.6 Å². The van der Waals surface area contributed by atoms with Crippen LogP contribution in [0.2, 0.25) is 0 Å². The average molecular weight is 391 g/mol. The van der Waals surface area contributed by atoms with Gasteiger partial charge in [0.2, 0.25) is 0 Å². The van der Waals surface area contributed by atoms with Gasteiger partial charge in [0.15, 0.2) is 9.84 Å². The van der Waals surface area contributed by atoms with Gasteiger partial charge in [-0.3, -0.25) is 4.79 Å². The predicted octanol–water partition coefficient (Wildman–Crippen LogP) is 1.66. The van der Waals surface area contributed by atoms with E-state index in [4.69, 9.17) is 5.73 Å². The number of nitrogens with two attached hydrogens (primary N) is 1. The van der Waals surface area contributed by atoms with Crippen molar-refractivity contribution < 1.29 is 13.2 Å². The summed E-state index contributed by atoms with van der Waals surface area (Å²) in [5.74, 6) is 1.17. The molecule has 2 aliphatic rings. The SMILES string of the molecule is Cc1nc2cc(C(=O)N3CCCCC3CN)ccc2n1C1CCS(=O)(=O)C1. The molecular weight excluding hydrogens is 364 g/mol. The molecule has 2 unspecified atom stereocenters. The molecule has 0 saturated carbocycles. The van der Waals surface area contributed by atoms with Gasteiger partial charge in [0, 0.05) is 24.7 Å². The van der Waals surface area contributed by atoms with Gasteiger partial charge in [-0.1, -0.05) is 0 Å². The molecule has 2 aromatic rings. The lowest BCUT2D eigenvalue weighted by atomic mass is 10.0. The average Bonchev–Trinajstić information content (AvgIpc) is 3.18. The van der Waals surface area contributed by atoms with Gasteiger partial charge in [0.1, 0.15) is 5.82 Å². The summed E-state index contributed by atoms with van der Waals surface area (Å²) in [4.78, 5) is 19.5. The van der Waals surface area contributed by atoms with E-state index in [9.17, 15) is 13.2 Å². The molecule has 1 aromatic carbocycles. The summed E-state index contributed by atoms with van der Waals surface area (Å²) < 4.78 is 25.7. The zero-order valence-electron chi connectivity index (χ0n) is 15.6. The van der Waals surface area contributed by atoms with Crippen molar-refractivity contribution in [3.63, 3.8) is 0 Å². The van der Waals surface area contributed by atoms with Gasteiger partial charge in [-0.25, -0.2) is 13.4 Å². The van der Waals surface area contributed by atoms with E-state index in [2.05, 4.69) is 4.98 Å².